The van der Waals surface area contributed by atoms with Gasteiger partial charge in [-0.3, -0.25) is 9.36 Å². The van der Waals surface area contributed by atoms with Gasteiger partial charge < -0.3 is 4.90 Å². The van der Waals surface area contributed by atoms with Crippen molar-refractivity contribution in [2.24, 2.45) is 0 Å². The van der Waals surface area contributed by atoms with Crippen LogP contribution in [-0.2, 0) is 4.79 Å². The molecule has 3 rings (SSSR count). The molecule has 1 aromatic carbocycles. The van der Waals surface area contributed by atoms with E-state index >= 15 is 0 Å². The first kappa shape index (κ1) is 17.5. The van der Waals surface area contributed by atoms with E-state index in [9.17, 15) is 4.79 Å². The average molecular weight is 354 g/mol. The van der Waals surface area contributed by atoms with Gasteiger partial charge >= 0.3 is 0 Å². The highest BCUT2D eigenvalue weighted by Gasteiger charge is 2.31. The van der Waals surface area contributed by atoms with Crippen molar-refractivity contribution in [2.75, 3.05) is 18.8 Å². The lowest BCUT2D eigenvalue weighted by Crippen LogP contribution is -2.32. The number of para-hydroxylation sites is 1. The maximum absolute atomic E-state index is 12.4. The third-order valence-electron chi connectivity index (χ3n) is 3.99. The topological polar surface area (TPSA) is 51.0 Å². The molecule has 1 aliphatic carbocycles. The zero-order valence-corrected chi connectivity index (χ0v) is 15.0. The predicted molar refractivity (Wildman–Crippen MR) is 101 cm³/mol. The van der Waals surface area contributed by atoms with E-state index in [0.29, 0.717) is 24.8 Å². The second-order valence-electron chi connectivity index (χ2n) is 5.95. The van der Waals surface area contributed by atoms with E-state index in [0.717, 1.165) is 29.5 Å². The Morgan fingerprint density at radius 2 is 1.88 bits per heavy atom. The van der Waals surface area contributed by atoms with E-state index in [1.165, 1.54) is 11.8 Å². The average Bonchev–Trinajstić information content (AvgIpc) is 3.39. The summed E-state index contributed by atoms with van der Waals surface area (Å²) in [6, 6.07) is 10.1. The molecule has 1 amide bonds. The fourth-order valence-electron chi connectivity index (χ4n) is 2.61. The summed E-state index contributed by atoms with van der Waals surface area (Å²) < 4.78 is 2.08. The summed E-state index contributed by atoms with van der Waals surface area (Å²) in [6.45, 7) is 8.45. The number of hydrogen-bond acceptors (Lipinski definition) is 4. The standard InChI is InChI=1S/C19H22N4OS/c1-3-12-22(13-4-2)17(24)14-25-19-21-20-18(15-10-11-15)23(19)16-8-6-5-7-9-16/h3-9,15H,1-2,10-14H2. The zero-order chi connectivity index (χ0) is 17.6. The van der Waals surface area contributed by atoms with E-state index in [1.54, 1.807) is 17.1 Å². The van der Waals surface area contributed by atoms with Crippen LogP contribution in [0.3, 0.4) is 0 Å². The zero-order valence-electron chi connectivity index (χ0n) is 14.2. The van der Waals surface area contributed by atoms with E-state index in [2.05, 4.69) is 27.9 Å². The Balaban J connectivity index is 1.77. The van der Waals surface area contributed by atoms with Crippen LogP contribution in [0.25, 0.3) is 5.69 Å². The molecule has 5 nitrogen and oxygen atoms in total. The molecule has 1 heterocycles. The van der Waals surface area contributed by atoms with Crippen molar-refractivity contribution >= 4 is 17.7 Å². The lowest BCUT2D eigenvalue weighted by molar-refractivity contribution is -0.127. The van der Waals surface area contributed by atoms with Gasteiger partial charge in [-0.05, 0) is 25.0 Å². The van der Waals surface area contributed by atoms with Crippen LogP contribution >= 0.6 is 11.8 Å². The Morgan fingerprint density at radius 3 is 2.48 bits per heavy atom. The van der Waals surface area contributed by atoms with Crippen molar-refractivity contribution < 1.29 is 4.79 Å². The number of carbonyl (C=O) groups excluding carboxylic acids is 1. The van der Waals surface area contributed by atoms with E-state index in [4.69, 9.17) is 0 Å². The number of carbonyl (C=O) groups is 1. The molecule has 0 spiro atoms. The molecular formula is C19H22N4OS. The van der Waals surface area contributed by atoms with Crippen LogP contribution in [0.4, 0.5) is 0 Å². The third-order valence-corrected chi connectivity index (χ3v) is 4.91. The minimum Gasteiger partial charge on any atom is -0.335 e. The second kappa shape index (κ2) is 8.16. The minimum atomic E-state index is 0.0420. The molecule has 130 valence electrons. The molecule has 25 heavy (non-hydrogen) atoms. The quantitative estimate of drug-likeness (QED) is 0.511. The van der Waals surface area contributed by atoms with Gasteiger partial charge in [-0.15, -0.1) is 23.4 Å². The van der Waals surface area contributed by atoms with Crippen LogP contribution in [0, 0.1) is 0 Å². The molecule has 1 aromatic heterocycles. The number of benzene rings is 1. The van der Waals surface area contributed by atoms with Crippen LogP contribution in [0.5, 0.6) is 0 Å². The molecule has 0 aliphatic heterocycles. The van der Waals surface area contributed by atoms with Crippen LogP contribution in [0.15, 0.2) is 60.8 Å². The molecule has 0 radical (unpaired) electrons. The second-order valence-corrected chi connectivity index (χ2v) is 6.89. The largest absolute Gasteiger partial charge is 0.335 e. The van der Waals surface area contributed by atoms with E-state index in [-0.39, 0.29) is 5.91 Å². The Kier molecular flexibility index (Phi) is 5.71. The number of nitrogens with zero attached hydrogens (tertiary/aromatic N) is 4. The summed E-state index contributed by atoms with van der Waals surface area (Å²) in [5.41, 5.74) is 1.04. The first-order valence-corrected chi connectivity index (χ1v) is 9.36. The summed E-state index contributed by atoms with van der Waals surface area (Å²) in [7, 11) is 0. The maximum Gasteiger partial charge on any atom is 0.233 e. The van der Waals surface area contributed by atoms with Crippen molar-refractivity contribution in [1.82, 2.24) is 19.7 Å². The Labute approximate surface area is 152 Å². The smallest absolute Gasteiger partial charge is 0.233 e. The number of rotatable bonds is 9. The van der Waals surface area contributed by atoms with Crippen molar-refractivity contribution in [1.29, 1.82) is 0 Å². The summed E-state index contributed by atoms with van der Waals surface area (Å²) in [5.74, 6) is 1.84. The first-order chi connectivity index (χ1) is 12.2. The highest BCUT2D eigenvalue weighted by Crippen LogP contribution is 2.41. The lowest BCUT2D eigenvalue weighted by Gasteiger charge is -2.19. The van der Waals surface area contributed by atoms with Crippen molar-refractivity contribution in [2.45, 2.75) is 23.9 Å². The van der Waals surface area contributed by atoms with E-state index in [1.807, 2.05) is 30.3 Å². The highest BCUT2D eigenvalue weighted by atomic mass is 32.2. The summed E-state index contributed by atoms with van der Waals surface area (Å²) in [4.78, 5) is 14.2. The van der Waals surface area contributed by atoms with Crippen molar-refractivity contribution in [3.8, 4) is 5.69 Å². The highest BCUT2D eigenvalue weighted by molar-refractivity contribution is 7.99. The van der Waals surface area contributed by atoms with Crippen LogP contribution in [0.2, 0.25) is 0 Å². The molecular weight excluding hydrogens is 332 g/mol. The molecule has 2 aromatic rings. The molecule has 6 heteroatoms. The fraction of sp³-hybridized carbons (Fsp3) is 0.316. The number of amides is 1. The molecule has 1 aliphatic rings. The van der Waals surface area contributed by atoms with Crippen LogP contribution in [0.1, 0.15) is 24.6 Å². The predicted octanol–water partition coefficient (Wildman–Crippen LogP) is 3.44. The number of hydrogen-bond donors (Lipinski definition) is 0. The molecule has 0 saturated heterocycles. The monoisotopic (exact) mass is 354 g/mol. The van der Waals surface area contributed by atoms with Crippen LogP contribution < -0.4 is 0 Å². The van der Waals surface area contributed by atoms with Crippen molar-refractivity contribution in [3.63, 3.8) is 0 Å². The number of aromatic nitrogens is 3. The molecule has 0 unspecified atom stereocenters. The Hall–Kier alpha value is -2.34. The molecule has 1 saturated carbocycles. The van der Waals surface area contributed by atoms with Gasteiger partial charge in [0, 0.05) is 24.7 Å². The SMILES string of the molecule is C=CCN(CC=C)C(=O)CSc1nnc(C2CC2)n1-c1ccccc1. The normalized spacial score (nSPS) is 13.4. The van der Waals surface area contributed by atoms with Crippen LogP contribution in [-0.4, -0.2) is 44.4 Å². The van der Waals surface area contributed by atoms with Gasteiger partial charge in [0.05, 0.1) is 5.75 Å². The fourth-order valence-corrected chi connectivity index (χ4v) is 3.47. The lowest BCUT2D eigenvalue weighted by atomic mass is 10.3. The van der Waals surface area contributed by atoms with Crippen molar-refractivity contribution in [3.05, 3.63) is 61.5 Å². The molecule has 0 atom stereocenters. The number of thioether (sulfide) groups is 1. The van der Waals surface area contributed by atoms with Gasteiger partial charge in [-0.2, -0.15) is 0 Å². The van der Waals surface area contributed by atoms with Gasteiger partial charge in [-0.1, -0.05) is 42.1 Å². The summed E-state index contributed by atoms with van der Waals surface area (Å²) >= 11 is 1.43. The van der Waals surface area contributed by atoms with Gasteiger partial charge in [0.25, 0.3) is 0 Å². The first-order valence-electron chi connectivity index (χ1n) is 8.37. The molecule has 0 N–H and O–H groups in total. The van der Waals surface area contributed by atoms with Gasteiger partial charge in [0.15, 0.2) is 5.16 Å². The molecule has 1 fully saturated rings. The van der Waals surface area contributed by atoms with E-state index < -0.39 is 0 Å². The Bertz CT molecular complexity index is 742. The third kappa shape index (κ3) is 4.20. The van der Waals surface area contributed by atoms with Gasteiger partial charge in [0.2, 0.25) is 5.91 Å². The summed E-state index contributed by atoms with van der Waals surface area (Å²) in [6.07, 6.45) is 5.76. The Morgan fingerprint density at radius 1 is 1.20 bits per heavy atom. The maximum atomic E-state index is 12.4. The molecule has 0 bridgehead atoms. The van der Waals surface area contributed by atoms with Gasteiger partial charge in [0.1, 0.15) is 5.82 Å². The van der Waals surface area contributed by atoms with Gasteiger partial charge in [-0.25, -0.2) is 0 Å². The minimum absolute atomic E-state index is 0.0420. The summed E-state index contributed by atoms with van der Waals surface area (Å²) in [5, 5.41) is 9.49.